The van der Waals surface area contributed by atoms with Gasteiger partial charge in [0.2, 0.25) is 0 Å². The highest BCUT2D eigenvalue weighted by Crippen LogP contribution is 2.62. The lowest BCUT2D eigenvalue weighted by Crippen LogP contribution is -2.31. The van der Waals surface area contributed by atoms with Crippen LogP contribution in [-0.2, 0) is 0 Å². The Balaban J connectivity index is 2.13. The van der Waals surface area contributed by atoms with Crippen molar-refractivity contribution in [3.63, 3.8) is 0 Å². The van der Waals surface area contributed by atoms with Gasteiger partial charge < -0.3 is 10.6 Å². The monoisotopic (exact) mass is 196 g/mol. The third kappa shape index (κ3) is 2.01. The van der Waals surface area contributed by atoms with E-state index in [0.717, 1.165) is 19.6 Å². The lowest BCUT2D eigenvalue weighted by Gasteiger charge is -2.06. The summed E-state index contributed by atoms with van der Waals surface area (Å²) in [7, 11) is 0. The maximum Gasteiger partial charge on any atom is 0.0181 e. The van der Waals surface area contributed by atoms with Crippen LogP contribution in [0.5, 0.6) is 0 Å². The molecule has 2 N–H and O–H groups in total. The van der Waals surface area contributed by atoms with E-state index >= 15 is 0 Å². The second-order valence-electron chi connectivity index (χ2n) is 5.32. The zero-order valence-electron chi connectivity index (χ0n) is 9.98. The minimum Gasteiger partial charge on any atom is -0.312 e. The van der Waals surface area contributed by atoms with Gasteiger partial charge >= 0.3 is 0 Å². The topological polar surface area (TPSA) is 24.1 Å². The molecule has 0 spiro atoms. The zero-order valence-corrected chi connectivity index (χ0v) is 9.98. The molecule has 14 heavy (non-hydrogen) atoms. The van der Waals surface area contributed by atoms with Gasteiger partial charge in [0.15, 0.2) is 0 Å². The fraction of sp³-hybridized carbons (Fsp3) is 0.833. The number of hydrogen-bond acceptors (Lipinski definition) is 2. The molecule has 1 aliphatic rings. The molecule has 0 radical (unpaired) electrons. The molecule has 0 heterocycles. The summed E-state index contributed by atoms with van der Waals surface area (Å²) in [4.78, 5) is 0. The van der Waals surface area contributed by atoms with Crippen LogP contribution in [-0.4, -0.2) is 25.7 Å². The molecule has 2 heteroatoms. The van der Waals surface area contributed by atoms with Gasteiger partial charge in [-0.15, -0.1) is 6.58 Å². The van der Waals surface area contributed by atoms with Gasteiger partial charge in [0.1, 0.15) is 0 Å². The molecule has 1 saturated carbocycles. The van der Waals surface area contributed by atoms with Crippen molar-refractivity contribution in [3.05, 3.63) is 12.7 Å². The molecule has 82 valence electrons. The highest BCUT2D eigenvalue weighted by atomic mass is 15.1. The summed E-state index contributed by atoms with van der Waals surface area (Å²) in [5.41, 5.74) is 0.900. The summed E-state index contributed by atoms with van der Waals surface area (Å²) >= 11 is 0. The van der Waals surface area contributed by atoms with E-state index in [1.165, 1.54) is 0 Å². The molecule has 1 fully saturated rings. The van der Waals surface area contributed by atoms with E-state index in [-0.39, 0.29) is 0 Å². The van der Waals surface area contributed by atoms with Gasteiger partial charge in [-0.3, -0.25) is 0 Å². The lowest BCUT2D eigenvalue weighted by molar-refractivity contribution is 0.457. The van der Waals surface area contributed by atoms with Crippen molar-refractivity contribution in [1.82, 2.24) is 10.6 Å². The SMILES string of the molecule is C=CCNCCNC1C(C)(C)C1(C)C. The molecular formula is C12H24N2. The summed E-state index contributed by atoms with van der Waals surface area (Å²) in [5.74, 6) is 0. The van der Waals surface area contributed by atoms with Crippen LogP contribution < -0.4 is 10.6 Å². The number of nitrogens with one attached hydrogen (secondary N) is 2. The molecule has 1 rings (SSSR count). The molecule has 0 amide bonds. The van der Waals surface area contributed by atoms with E-state index in [4.69, 9.17) is 0 Å². The smallest absolute Gasteiger partial charge is 0.0181 e. The first-order valence-electron chi connectivity index (χ1n) is 5.49. The first-order valence-corrected chi connectivity index (χ1v) is 5.49. The van der Waals surface area contributed by atoms with Crippen LogP contribution in [0.1, 0.15) is 27.7 Å². The minimum absolute atomic E-state index is 0.450. The first kappa shape index (κ1) is 11.7. The molecule has 0 aromatic carbocycles. The van der Waals surface area contributed by atoms with Crippen molar-refractivity contribution >= 4 is 0 Å². The molecule has 0 saturated heterocycles. The fourth-order valence-corrected chi connectivity index (χ4v) is 2.22. The summed E-state index contributed by atoms with van der Waals surface area (Å²) in [6.07, 6.45) is 1.89. The van der Waals surface area contributed by atoms with Gasteiger partial charge in [-0.2, -0.15) is 0 Å². The Kier molecular flexibility index (Phi) is 3.38. The molecule has 0 atom stereocenters. The Morgan fingerprint density at radius 1 is 1.14 bits per heavy atom. The van der Waals surface area contributed by atoms with Crippen molar-refractivity contribution in [2.24, 2.45) is 10.8 Å². The second kappa shape index (κ2) is 4.03. The summed E-state index contributed by atoms with van der Waals surface area (Å²) in [6.45, 7) is 16.0. The van der Waals surface area contributed by atoms with E-state index in [0.29, 0.717) is 16.9 Å². The Morgan fingerprint density at radius 2 is 1.71 bits per heavy atom. The fourth-order valence-electron chi connectivity index (χ4n) is 2.22. The van der Waals surface area contributed by atoms with E-state index in [2.05, 4.69) is 44.9 Å². The molecule has 1 aliphatic carbocycles. The van der Waals surface area contributed by atoms with Crippen LogP contribution in [0.15, 0.2) is 12.7 Å². The normalized spacial score (nSPS) is 23.4. The maximum atomic E-state index is 3.67. The average Bonchev–Trinajstić information content (AvgIpc) is 2.46. The van der Waals surface area contributed by atoms with Gasteiger partial charge in [-0.25, -0.2) is 0 Å². The zero-order chi connectivity index (χ0) is 10.8. The summed E-state index contributed by atoms with van der Waals surface area (Å²) in [5, 5.41) is 6.89. The van der Waals surface area contributed by atoms with Gasteiger partial charge in [0, 0.05) is 25.7 Å². The summed E-state index contributed by atoms with van der Waals surface area (Å²) in [6, 6.07) is 0.667. The molecule has 0 bridgehead atoms. The molecule has 0 aromatic rings. The van der Waals surface area contributed by atoms with Crippen LogP contribution in [0, 0.1) is 10.8 Å². The maximum absolute atomic E-state index is 3.67. The van der Waals surface area contributed by atoms with Crippen molar-refractivity contribution in [3.8, 4) is 0 Å². The highest BCUT2D eigenvalue weighted by Gasteiger charge is 2.64. The Hall–Kier alpha value is -0.340. The van der Waals surface area contributed by atoms with E-state index in [1.54, 1.807) is 0 Å². The summed E-state index contributed by atoms with van der Waals surface area (Å²) < 4.78 is 0. The minimum atomic E-state index is 0.450. The third-order valence-electron chi connectivity index (χ3n) is 3.96. The molecule has 0 unspecified atom stereocenters. The molecule has 0 aromatic heterocycles. The molecule has 2 nitrogen and oxygen atoms in total. The van der Waals surface area contributed by atoms with Crippen LogP contribution >= 0.6 is 0 Å². The van der Waals surface area contributed by atoms with Crippen LogP contribution in [0.25, 0.3) is 0 Å². The lowest BCUT2D eigenvalue weighted by atomic mass is 10.0. The van der Waals surface area contributed by atoms with E-state index in [1.807, 2.05) is 6.08 Å². The standard InChI is InChI=1S/C12H24N2/c1-6-7-13-8-9-14-10-11(2,3)12(10,4)5/h6,10,13-14H,1,7-9H2,2-5H3. The third-order valence-corrected chi connectivity index (χ3v) is 3.96. The van der Waals surface area contributed by atoms with Crippen LogP contribution in [0.4, 0.5) is 0 Å². The predicted molar refractivity (Wildman–Crippen MR) is 62.4 cm³/mol. The first-order chi connectivity index (χ1) is 6.44. The molecular weight excluding hydrogens is 172 g/mol. The van der Waals surface area contributed by atoms with Crippen molar-refractivity contribution in [2.75, 3.05) is 19.6 Å². The molecule has 0 aliphatic heterocycles. The largest absolute Gasteiger partial charge is 0.312 e. The van der Waals surface area contributed by atoms with Gasteiger partial charge in [0.05, 0.1) is 0 Å². The van der Waals surface area contributed by atoms with Crippen LogP contribution in [0.2, 0.25) is 0 Å². The second-order valence-corrected chi connectivity index (χ2v) is 5.32. The van der Waals surface area contributed by atoms with Crippen molar-refractivity contribution in [1.29, 1.82) is 0 Å². The Morgan fingerprint density at radius 3 is 2.14 bits per heavy atom. The highest BCUT2D eigenvalue weighted by molar-refractivity contribution is 5.17. The van der Waals surface area contributed by atoms with Gasteiger partial charge in [-0.1, -0.05) is 33.8 Å². The number of rotatable bonds is 6. The van der Waals surface area contributed by atoms with Crippen molar-refractivity contribution < 1.29 is 0 Å². The van der Waals surface area contributed by atoms with Gasteiger partial charge in [0.25, 0.3) is 0 Å². The Labute approximate surface area is 88.2 Å². The van der Waals surface area contributed by atoms with Crippen LogP contribution in [0.3, 0.4) is 0 Å². The van der Waals surface area contributed by atoms with E-state index in [9.17, 15) is 0 Å². The quantitative estimate of drug-likeness (QED) is 0.500. The van der Waals surface area contributed by atoms with Crippen molar-refractivity contribution in [2.45, 2.75) is 33.7 Å². The van der Waals surface area contributed by atoms with E-state index < -0.39 is 0 Å². The number of hydrogen-bond donors (Lipinski definition) is 2. The average molecular weight is 196 g/mol. The van der Waals surface area contributed by atoms with Gasteiger partial charge in [-0.05, 0) is 10.8 Å². The predicted octanol–water partition coefficient (Wildman–Crippen LogP) is 1.79. The Bertz CT molecular complexity index is 192.